The van der Waals surface area contributed by atoms with Crippen molar-refractivity contribution in [2.45, 2.75) is 0 Å². The maximum absolute atomic E-state index is 13.4. The first kappa shape index (κ1) is 20.5. The lowest BCUT2D eigenvalue weighted by atomic mass is 10.1. The summed E-state index contributed by atoms with van der Waals surface area (Å²) < 4.78 is 9.17. The average Bonchev–Trinajstić information content (AvgIpc) is 3.17. The number of aryl methyl sites for hydroxylation is 1. The normalized spacial score (nSPS) is 11.6. The Bertz CT molecular complexity index is 1660. The molecule has 0 aliphatic heterocycles. The van der Waals surface area contributed by atoms with Crippen LogP contribution in [0.25, 0.3) is 28.3 Å². The number of nitrogens with zero attached hydrogens (tertiary/aromatic N) is 5. The van der Waals surface area contributed by atoms with Crippen LogP contribution in [0.3, 0.4) is 0 Å². The highest BCUT2D eigenvalue weighted by atomic mass is 35.5. The molecule has 0 radical (unpaired) electrons. The summed E-state index contributed by atoms with van der Waals surface area (Å²) in [5.74, 6) is 0.827. The molecular formula is C25H16ClN5O2. The Hall–Kier alpha value is -4.41. The monoisotopic (exact) mass is 453 g/mol. The van der Waals surface area contributed by atoms with Crippen molar-refractivity contribution in [3.8, 4) is 17.7 Å². The first-order valence-electron chi connectivity index (χ1n) is 10.0. The zero-order valence-electron chi connectivity index (χ0n) is 17.4. The van der Waals surface area contributed by atoms with E-state index < -0.39 is 0 Å². The molecule has 0 unspecified atom stereocenters. The predicted molar refractivity (Wildman–Crippen MR) is 127 cm³/mol. The zero-order chi connectivity index (χ0) is 22.9. The summed E-state index contributed by atoms with van der Waals surface area (Å²) in [4.78, 5) is 22.5. The molecule has 0 atom stereocenters. The number of allylic oxidation sites excluding steroid dienone is 1. The average molecular weight is 454 g/mol. The van der Waals surface area contributed by atoms with E-state index in [0.717, 1.165) is 11.0 Å². The maximum Gasteiger partial charge on any atom is 0.269 e. The Balaban J connectivity index is 1.75. The molecule has 0 spiro atoms. The van der Waals surface area contributed by atoms with Gasteiger partial charge in [0.2, 0.25) is 5.88 Å². The number of halogens is 1. The zero-order valence-corrected chi connectivity index (χ0v) is 18.2. The number of hydrogen-bond acceptors (Lipinski definition) is 5. The SMILES string of the molecule is Cn1c(C(C#N)=Cc2c(Oc3ccccc3Cl)nc3ccccn3c2=O)nc2ccccc21. The lowest BCUT2D eigenvalue weighted by Crippen LogP contribution is -2.18. The molecule has 7 nitrogen and oxygen atoms in total. The number of para-hydroxylation sites is 3. The van der Waals surface area contributed by atoms with Crippen molar-refractivity contribution in [3.63, 3.8) is 0 Å². The molecule has 5 aromatic rings. The number of nitriles is 1. The van der Waals surface area contributed by atoms with Crippen molar-refractivity contribution in [2.24, 2.45) is 7.05 Å². The summed E-state index contributed by atoms with van der Waals surface area (Å²) in [6.45, 7) is 0. The molecule has 3 aromatic heterocycles. The number of hydrogen-bond donors (Lipinski definition) is 0. The van der Waals surface area contributed by atoms with Gasteiger partial charge in [-0.2, -0.15) is 10.2 Å². The number of ether oxygens (including phenoxy) is 1. The highest BCUT2D eigenvalue weighted by Gasteiger charge is 2.18. The van der Waals surface area contributed by atoms with Gasteiger partial charge in [-0.05, 0) is 42.5 Å². The van der Waals surface area contributed by atoms with Crippen LogP contribution in [-0.2, 0) is 7.05 Å². The molecule has 0 amide bonds. The highest BCUT2D eigenvalue weighted by molar-refractivity contribution is 6.32. The van der Waals surface area contributed by atoms with E-state index in [2.05, 4.69) is 16.0 Å². The molecular weight excluding hydrogens is 438 g/mol. The second-order valence-electron chi connectivity index (χ2n) is 7.25. The van der Waals surface area contributed by atoms with E-state index in [9.17, 15) is 10.1 Å². The van der Waals surface area contributed by atoms with Gasteiger partial charge in [-0.1, -0.05) is 41.9 Å². The van der Waals surface area contributed by atoms with Gasteiger partial charge in [0.05, 0.1) is 21.6 Å². The number of fused-ring (bicyclic) bond motifs is 2. The standard InChI is InChI=1S/C25H16ClN5O2/c1-30-20-10-4-3-9-19(20)28-23(30)16(15-27)14-17-24(33-21-11-5-2-8-18(21)26)29-22-12-6-7-13-31(22)25(17)32/h2-14H,1H3. The van der Waals surface area contributed by atoms with Crippen LogP contribution in [0.5, 0.6) is 11.6 Å². The van der Waals surface area contributed by atoms with Crippen molar-refractivity contribution in [2.75, 3.05) is 0 Å². The smallest absolute Gasteiger partial charge is 0.269 e. The summed E-state index contributed by atoms with van der Waals surface area (Å²) in [5.41, 5.74) is 1.96. The van der Waals surface area contributed by atoms with Gasteiger partial charge in [-0.3, -0.25) is 9.20 Å². The number of rotatable bonds is 4. The van der Waals surface area contributed by atoms with Gasteiger partial charge in [0.15, 0.2) is 5.82 Å². The fraction of sp³-hybridized carbons (Fsp3) is 0.0400. The van der Waals surface area contributed by atoms with Crippen molar-refractivity contribution >= 4 is 39.9 Å². The molecule has 0 saturated heterocycles. The van der Waals surface area contributed by atoms with Gasteiger partial charge in [0, 0.05) is 13.2 Å². The summed E-state index contributed by atoms with van der Waals surface area (Å²) in [5, 5.41) is 10.3. The molecule has 33 heavy (non-hydrogen) atoms. The van der Waals surface area contributed by atoms with Crippen LogP contribution < -0.4 is 10.3 Å². The van der Waals surface area contributed by atoms with Gasteiger partial charge in [0.1, 0.15) is 23.0 Å². The molecule has 3 heterocycles. The van der Waals surface area contributed by atoms with Gasteiger partial charge >= 0.3 is 0 Å². The van der Waals surface area contributed by atoms with Crippen LogP contribution in [0.4, 0.5) is 0 Å². The Kier molecular flexibility index (Phi) is 5.13. The second-order valence-corrected chi connectivity index (χ2v) is 7.66. The van der Waals surface area contributed by atoms with Crippen LogP contribution in [0.2, 0.25) is 5.02 Å². The molecule has 0 N–H and O–H groups in total. The fourth-order valence-corrected chi connectivity index (χ4v) is 3.77. The number of aromatic nitrogens is 4. The van der Waals surface area contributed by atoms with Crippen molar-refractivity contribution < 1.29 is 4.74 Å². The molecule has 0 aliphatic rings. The summed E-state index contributed by atoms with van der Waals surface area (Å²) in [6.07, 6.45) is 3.07. The largest absolute Gasteiger partial charge is 0.437 e. The van der Waals surface area contributed by atoms with E-state index >= 15 is 0 Å². The summed E-state index contributed by atoms with van der Waals surface area (Å²) >= 11 is 6.26. The molecule has 0 aliphatic carbocycles. The third-order valence-corrected chi connectivity index (χ3v) is 5.53. The minimum Gasteiger partial charge on any atom is -0.437 e. The van der Waals surface area contributed by atoms with E-state index in [0.29, 0.717) is 22.2 Å². The van der Waals surface area contributed by atoms with E-state index in [-0.39, 0.29) is 22.6 Å². The molecule has 0 fully saturated rings. The van der Waals surface area contributed by atoms with E-state index in [4.69, 9.17) is 16.3 Å². The third-order valence-electron chi connectivity index (χ3n) is 5.21. The molecule has 0 saturated carbocycles. The van der Waals surface area contributed by atoms with Crippen LogP contribution in [-0.4, -0.2) is 18.9 Å². The van der Waals surface area contributed by atoms with Gasteiger partial charge in [-0.25, -0.2) is 4.98 Å². The summed E-state index contributed by atoms with van der Waals surface area (Å²) in [7, 11) is 1.82. The minimum atomic E-state index is -0.380. The van der Waals surface area contributed by atoms with Crippen molar-refractivity contribution in [1.29, 1.82) is 5.26 Å². The molecule has 160 valence electrons. The molecule has 5 rings (SSSR count). The van der Waals surface area contributed by atoms with Crippen LogP contribution in [0.1, 0.15) is 11.4 Å². The van der Waals surface area contributed by atoms with Crippen molar-refractivity contribution in [3.05, 3.63) is 99.7 Å². The maximum atomic E-state index is 13.4. The van der Waals surface area contributed by atoms with Crippen LogP contribution >= 0.6 is 11.6 Å². The summed E-state index contributed by atoms with van der Waals surface area (Å²) in [6, 6.07) is 21.8. The Morgan fingerprint density at radius 3 is 2.61 bits per heavy atom. The highest BCUT2D eigenvalue weighted by Crippen LogP contribution is 2.31. The van der Waals surface area contributed by atoms with Crippen LogP contribution in [0.15, 0.2) is 77.7 Å². The quantitative estimate of drug-likeness (QED) is 0.354. The minimum absolute atomic E-state index is 0.0471. The lowest BCUT2D eigenvalue weighted by molar-refractivity contribution is 0.461. The van der Waals surface area contributed by atoms with Gasteiger partial charge < -0.3 is 9.30 Å². The van der Waals surface area contributed by atoms with E-state index in [1.54, 1.807) is 48.7 Å². The Labute approximate surface area is 193 Å². The second kappa shape index (κ2) is 8.26. The molecule has 2 aromatic carbocycles. The Morgan fingerprint density at radius 1 is 1.06 bits per heavy atom. The number of pyridine rings is 1. The van der Waals surface area contributed by atoms with Crippen LogP contribution in [0, 0.1) is 11.3 Å². The van der Waals surface area contributed by atoms with E-state index in [1.165, 1.54) is 10.5 Å². The topological polar surface area (TPSA) is 85.2 Å². The van der Waals surface area contributed by atoms with Gasteiger partial charge in [0.25, 0.3) is 5.56 Å². The fourth-order valence-electron chi connectivity index (χ4n) is 3.59. The Morgan fingerprint density at radius 2 is 1.82 bits per heavy atom. The van der Waals surface area contributed by atoms with Crippen molar-refractivity contribution in [1.82, 2.24) is 18.9 Å². The number of imidazole rings is 1. The first-order chi connectivity index (χ1) is 16.1. The predicted octanol–water partition coefficient (Wildman–Crippen LogP) is 5.09. The molecule has 8 heteroatoms. The lowest BCUT2D eigenvalue weighted by Gasteiger charge is -2.11. The van der Waals surface area contributed by atoms with Gasteiger partial charge in [-0.15, -0.1) is 0 Å². The number of benzene rings is 2. The first-order valence-corrected chi connectivity index (χ1v) is 10.4. The molecule has 0 bridgehead atoms. The third kappa shape index (κ3) is 3.63. The van der Waals surface area contributed by atoms with E-state index in [1.807, 2.05) is 35.9 Å².